The standard InChI is InChI=1S/C18H26N2O3/c1-21-12-20-14-6-7-18(8-9-19-17(18)11-14)13-4-5-15(22-2)16(10-13)23-3/h4-5,10,17,19H,6-9,11-12H2,1-3H3/t17-,18-/m0/s1. The fourth-order valence-corrected chi connectivity index (χ4v) is 4.05. The van der Waals surface area contributed by atoms with E-state index in [9.17, 15) is 0 Å². The summed E-state index contributed by atoms with van der Waals surface area (Å²) in [6, 6.07) is 6.80. The third-order valence-corrected chi connectivity index (χ3v) is 5.30. The molecule has 0 radical (unpaired) electrons. The molecule has 126 valence electrons. The topological polar surface area (TPSA) is 52.1 Å². The Morgan fingerprint density at radius 2 is 2.00 bits per heavy atom. The predicted molar refractivity (Wildman–Crippen MR) is 90.8 cm³/mol. The molecule has 2 fully saturated rings. The first-order valence-corrected chi connectivity index (χ1v) is 8.20. The third-order valence-electron chi connectivity index (χ3n) is 5.30. The molecule has 0 bridgehead atoms. The Kier molecular flexibility index (Phi) is 4.87. The monoisotopic (exact) mass is 318 g/mol. The zero-order chi connectivity index (χ0) is 16.3. The van der Waals surface area contributed by atoms with E-state index in [4.69, 9.17) is 14.2 Å². The Labute approximate surface area is 138 Å². The molecule has 1 saturated heterocycles. The molecule has 1 aromatic rings. The minimum absolute atomic E-state index is 0.172. The van der Waals surface area contributed by atoms with Gasteiger partial charge in [0.05, 0.1) is 14.2 Å². The molecule has 3 rings (SSSR count). The van der Waals surface area contributed by atoms with Gasteiger partial charge in [0, 0.05) is 30.7 Å². The van der Waals surface area contributed by atoms with E-state index in [-0.39, 0.29) is 5.41 Å². The van der Waals surface area contributed by atoms with E-state index < -0.39 is 0 Å². The van der Waals surface area contributed by atoms with Gasteiger partial charge in [-0.2, -0.15) is 0 Å². The average molecular weight is 318 g/mol. The van der Waals surface area contributed by atoms with Gasteiger partial charge in [-0.3, -0.25) is 4.99 Å². The number of nitrogens with one attached hydrogen (secondary N) is 1. The van der Waals surface area contributed by atoms with Gasteiger partial charge >= 0.3 is 0 Å². The molecule has 1 aromatic carbocycles. The van der Waals surface area contributed by atoms with Crippen LogP contribution in [0.25, 0.3) is 0 Å². The van der Waals surface area contributed by atoms with E-state index in [1.165, 1.54) is 11.3 Å². The summed E-state index contributed by atoms with van der Waals surface area (Å²) in [5.41, 5.74) is 2.78. The van der Waals surface area contributed by atoms with E-state index in [1.54, 1.807) is 21.3 Å². The van der Waals surface area contributed by atoms with Crippen molar-refractivity contribution in [1.82, 2.24) is 5.32 Å². The van der Waals surface area contributed by atoms with Crippen LogP contribution in [0.1, 0.15) is 31.2 Å². The quantitative estimate of drug-likeness (QED) is 0.906. The van der Waals surface area contributed by atoms with Crippen LogP contribution in [0.15, 0.2) is 23.2 Å². The van der Waals surface area contributed by atoms with Crippen LogP contribution in [0.5, 0.6) is 11.5 Å². The number of aliphatic imine (C=N–C) groups is 1. The average Bonchev–Trinajstić information content (AvgIpc) is 3.03. The van der Waals surface area contributed by atoms with E-state index in [1.807, 2.05) is 6.07 Å². The lowest BCUT2D eigenvalue weighted by atomic mass is 9.66. The molecule has 5 nitrogen and oxygen atoms in total. The van der Waals surface area contributed by atoms with Crippen molar-refractivity contribution in [3.8, 4) is 11.5 Å². The number of hydrogen-bond donors (Lipinski definition) is 1. The van der Waals surface area contributed by atoms with Gasteiger partial charge in [0.15, 0.2) is 11.5 Å². The van der Waals surface area contributed by atoms with Crippen LogP contribution in [-0.2, 0) is 10.2 Å². The van der Waals surface area contributed by atoms with Gasteiger partial charge in [0.25, 0.3) is 0 Å². The maximum atomic E-state index is 5.50. The first kappa shape index (κ1) is 16.3. The molecule has 0 spiro atoms. The van der Waals surface area contributed by atoms with E-state index in [2.05, 4.69) is 22.4 Å². The maximum Gasteiger partial charge on any atom is 0.161 e. The number of ether oxygens (including phenoxy) is 3. The number of benzene rings is 1. The van der Waals surface area contributed by atoms with Gasteiger partial charge in [-0.15, -0.1) is 0 Å². The SMILES string of the molecule is COCN=C1CC[C@@]2(c3ccc(OC)c(OC)c3)CCN[C@H]2C1. The zero-order valence-electron chi connectivity index (χ0n) is 14.2. The van der Waals surface area contributed by atoms with Crippen LogP contribution in [0, 0.1) is 0 Å². The summed E-state index contributed by atoms with van der Waals surface area (Å²) in [5.74, 6) is 1.59. The molecule has 1 heterocycles. The number of fused-ring (bicyclic) bond motifs is 1. The fourth-order valence-electron chi connectivity index (χ4n) is 4.05. The second kappa shape index (κ2) is 6.89. The largest absolute Gasteiger partial charge is 0.493 e. The number of methoxy groups -OCH3 is 3. The van der Waals surface area contributed by atoms with Gasteiger partial charge in [0.2, 0.25) is 0 Å². The van der Waals surface area contributed by atoms with Crippen molar-refractivity contribution in [2.24, 2.45) is 4.99 Å². The van der Waals surface area contributed by atoms with Crippen LogP contribution in [0.4, 0.5) is 0 Å². The summed E-state index contributed by atoms with van der Waals surface area (Å²) >= 11 is 0. The normalized spacial score (nSPS) is 28.7. The number of nitrogens with zero attached hydrogens (tertiary/aromatic N) is 1. The fraction of sp³-hybridized carbons (Fsp3) is 0.611. The van der Waals surface area contributed by atoms with Crippen molar-refractivity contribution < 1.29 is 14.2 Å². The Morgan fingerprint density at radius 1 is 1.17 bits per heavy atom. The van der Waals surface area contributed by atoms with Gasteiger partial charge in [-0.05, 0) is 43.5 Å². The smallest absolute Gasteiger partial charge is 0.161 e. The highest BCUT2D eigenvalue weighted by molar-refractivity contribution is 5.86. The Hall–Kier alpha value is -1.59. The Morgan fingerprint density at radius 3 is 2.74 bits per heavy atom. The van der Waals surface area contributed by atoms with Crippen molar-refractivity contribution in [3.63, 3.8) is 0 Å². The lowest BCUT2D eigenvalue weighted by Crippen LogP contribution is -2.45. The molecule has 1 N–H and O–H groups in total. The zero-order valence-corrected chi connectivity index (χ0v) is 14.2. The van der Waals surface area contributed by atoms with E-state index in [0.29, 0.717) is 12.8 Å². The van der Waals surface area contributed by atoms with Crippen LogP contribution in [0.2, 0.25) is 0 Å². The highest BCUT2D eigenvalue weighted by atomic mass is 16.5. The van der Waals surface area contributed by atoms with Crippen LogP contribution >= 0.6 is 0 Å². The molecule has 1 aliphatic carbocycles. The minimum atomic E-state index is 0.172. The van der Waals surface area contributed by atoms with Gasteiger partial charge in [0.1, 0.15) is 6.73 Å². The summed E-state index contributed by atoms with van der Waals surface area (Å²) in [7, 11) is 5.06. The van der Waals surface area contributed by atoms with Crippen molar-refractivity contribution in [1.29, 1.82) is 0 Å². The van der Waals surface area contributed by atoms with Crippen LogP contribution in [0.3, 0.4) is 0 Å². The van der Waals surface area contributed by atoms with Crippen LogP contribution < -0.4 is 14.8 Å². The maximum absolute atomic E-state index is 5.50. The second-order valence-corrected chi connectivity index (χ2v) is 6.33. The first-order valence-electron chi connectivity index (χ1n) is 8.20. The van der Waals surface area contributed by atoms with Crippen LogP contribution in [-0.4, -0.2) is 46.4 Å². The lowest BCUT2D eigenvalue weighted by Gasteiger charge is -2.40. The van der Waals surface area contributed by atoms with Crippen molar-refractivity contribution >= 4 is 5.71 Å². The summed E-state index contributed by atoms with van der Waals surface area (Å²) in [5, 5.41) is 3.68. The number of hydrogen-bond acceptors (Lipinski definition) is 5. The van der Waals surface area contributed by atoms with Gasteiger partial charge in [-0.1, -0.05) is 6.07 Å². The van der Waals surface area contributed by atoms with E-state index >= 15 is 0 Å². The molecule has 5 heteroatoms. The lowest BCUT2D eigenvalue weighted by molar-refractivity contribution is 0.207. The first-order chi connectivity index (χ1) is 11.2. The summed E-state index contributed by atoms with van der Waals surface area (Å²) in [6.07, 6.45) is 4.31. The Balaban J connectivity index is 1.89. The molecule has 0 amide bonds. The molecule has 1 aliphatic heterocycles. The molecule has 2 atom stereocenters. The predicted octanol–water partition coefficient (Wildman–Crippen LogP) is 2.53. The highest BCUT2D eigenvalue weighted by Crippen LogP contribution is 2.46. The molecule has 1 saturated carbocycles. The number of rotatable bonds is 5. The summed E-state index contributed by atoms with van der Waals surface area (Å²) < 4.78 is 16.0. The van der Waals surface area contributed by atoms with Crippen molar-refractivity contribution in [2.75, 3.05) is 34.6 Å². The van der Waals surface area contributed by atoms with Gasteiger partial charge in [-0.25, -0.2) is 0 Å². The molecule has 0 aromatic heterocycles. The second-order valence-electron chi connectivity index (χ2n) is 6.33. The van der Waals surface area contributed by atoms with Crippen molar-refractivity contribution in [2.45, 2.75) is 37.1 Å². The molecule has 2 aliphatic rings. The highest BCUT2D eigenvalue weighted by Gasteiger charge is 2.47. The molecular weight excluding hydrogens is 292 g/mol. The molecular formula is C18H26N2O3. The van der Waals surface area contributed by atoms with Gasteiger partial charge < -0.3 is 19.5 Å². The molecule has 0 unspecified atom stereocenters. The minimum Gasteiger partial charge on any atom is -0.493 e. The Bertz CT molecular complexity index is 588. The van der Waals surface area contributed by atoms with Crippen molar-refractivity contribution in [3.05, 3.63) is 23.8 Å². The third kappa shape index (κ3) is 2.95. The molecule has 23 heavy (non-hydrogen) atoms. The van der Waals surface area contributed by atoms with E-state index in [0.717, 1.165) is 43.7 Å². The summed E-state index contributed by atoms with van der Waals surface area (Å²) in [4.78, 5) is 4.56. The summed E-state index contributed by atoms with van der Waals surface area (Å²) in [6.45, 7) is 1.52.